The Bertz CT molecular complexity index is 405. The summed E-state index contributed by atoms with van der Waals surface area (Å²) in [5, 5.41) is 3.69. The van der Waals surface area contributed by atoms with Crippen LogP contribution in [0.5, 0.6) is 0 Å². The lowest BCUT2D eigenvalue weighted by atomic mass is 9.86. The van der Waals surface area contributed by atoms with Crippen molar-refractivity contribution in [3.05, 3.63) is 32.7 Å². The average Bonchev–Trinajstić information content (AvgIpc) is 2.76. The van der Waals surface area contributed by atoms with Crippen LogP contribution in [0, 0.1) is 11.8 Å². The van der Waals surface area contributed by atoms with E-state index in [-0.39, 0.29) is 0 Å². The van der Waals surface area contributed by atoms with Crippen molar-refractivity contribution in [3.63, 3.8) is 0 Å². The molecule has 2 rings (SSSR count). The van der Waals surface area contributed by atoms with Crippen LogP contribution in [-0.4, -0.2) is 6.54 Å². The van der Waals surface area contributed by atoms with E-state index in [0.29, 0.717) is 6.04 Å². The molecule has 100 valence electrons. The Morgan fingerprint density at radius 1 is 1.33 bits per heavy atom. The van der Waals surface area contributed by atoms with Crippen LogP contribution < -0.4 is 5.32 Å². The summed E-state index contributed by atoms with van der Waals surface area (Å²) < 4.78 is 2.38. The molecular weight excluding hydrogens is 354 g/mol. The molecular formula is C15H21Br2N. The molecule has 0 saturated heterocycles. The summed E-state index contributed by atoms with van der Waals surface area (Å²) in [4.78, 5) is 0. The molecule has 0 bridgehead atoms. The van der Waals surface area contributed by atoms with E-state index in [9.17, 15) is 0 Å². The van der Waals surface area contributed by atoms with Gasteiger partial charge in [-0.05, 0) is 48.6 Å². The number of hydrogen-bond acceptors (Lipinski definition) is 1. The largest absolute Gasteiger partial charge is 0.310 e. The van der Waals surface area contributed by atoms with E-state index in [1.54, 1.807) is 0 Å². The third kappa shape index (κ3) is 3.17. The third-order valence-corrected chi connectivity index (χ3v) is 5.29. The monoisotopic (exact) mass is 373 g/mol. The zero-order valence-corrected chi connectivity index (χ0v) is 14.2. The predicted octanol–water partition coefficient (Wildman–Crippen LogP) is 5.30. The van der Waals surface area contributed by atoms with Gasteiger partial charge in [0.25, 0.3) is 0 Å². The quantitative estimate of drug-likeness (QED) is 0.753. The minimum atomic E-state index is 0.472. The predicted molar refractivity (Wildman–Crippen MR) is 84.8 cm³/mol. The van der Waals surface area contributed by atoms with E-state index in [1.165, 1.54) is 29.3 Å². The Hall–Kier alpha value is 0.140. The molecule has 1 aromatic carbocycles. The molecule has 1 aliphatic carbocycles. The van der Waals surface area contributed by atoms with Gasteiger partial charge in [-0.2, -0.15) is 0 Å². The fraction of sp³-hybridized carbons (Fsp3) is 0.600. The first-order valence-electron chi connectivity index (χ1n) is 6.81. The first kappa shape index (κ1) is 14.5. The molecule has 1 aliphatic rings. The highest BCUT2D eigenvalue weighted by atomic mass is 79.9. The second-order valence-corrected chi connectivity index (χ2v) is 7.04. The van der Waals surface area contributed by atoms with Crippen molar-refractivity contribution in [2.45, 2.75) is 39.2 Å². The summed E-state index contributed by atoms with van der Waals surface area (Å²) in [6.45, 7) is 5.61. The van der Waals surface area contributed by atoms with Crippen molar-refractivity contribution in [2.75, 3.05) is 6.54 Å². The molecule has 1 fully saturated rings. The van der Waals surface area contributed by atoms with Crippen LogP contribution in [0.2, 0.25) is 0 Å². The van der Waals surface area contributed by atoms with Crippen LogP contribution in [-0.2, 0) is 0 Å². The molecule has 3 atom stereocenters. The Balaban J connectivity index is 2.31. The lowest BCUT2D eigenvalue weighted by Gasteiger charge is -2.29. The second kappa shape index (κ2) is 6.53. The molecule has 3 heteroatoms. The highest BCUT2D eigenvalue weighted by Gasteiger charge is 2.32. The summed E-state index contributed by atoms with van der Waals surface area (Å²) in [6.07, 6.45) is 4.09. The van der Waals surface area contributed by atoms with Gasteiger partial charge in [0.15, 0.2) is 0 Å². The van der Waals surface area contributed by atoms with Crippen LogP contribution >= 0.6 is 31.9 Å². The van der Waals surface area contributed by atoms with Gasteiger partial charge in [-0.1, -0.05) is 58.5 Å². The Morgan fingerprint density at radius 3 is 2.72 bits per heavy atom. The maximum absolute atomic E-state index is 3.71. The lowest BCUT2D eigenvalue weighted by molar-refractivity contribution is 0.305. The molecule has 1 N–H and O–H groups in total. The Kier molecular flexibility index (Phi) is 5.28. The average molecular weight is 375 g/mol. The highest BCUT2D eigenvalue weighted by molar-refractivity contribution is 9.11. The maximum Gasteiger partial charge on any atom is 0.0362 e. The van der Waals surface area contributed by atoms with Crippen LogP contribution in [0.4, 0.5) is 0 Å². The fourth-order valence-corrected chi connectivity index (χ4v) is 4.01. The van der Waals surface area contributed by atoms with E-state index in [2.05, 4.69) is 69.2 Å². The summed E-state index contributed by atoms with van der Waals surface area (Å²) in [5.74, 6) is 1.58. The second-order valence-electron chi connectivity index (χ2n) is 5.27. The first-order chi connectivity index (χ1) is 8.63. The zero-order valence-electron chi connectivity index (χ0n) is 11.0. The third-order valence-electron chi connectivity index (χ3n) is 4.07. The van der Waals surface area contributed by atoms with Crippen molar-refractivity contribution < 1.29 is 0 Å². The molecule has 0 aromatic heterocycles. The Morgan fingerprint density at radius 2 is 2.11 bits per heavy atom. The number of benzene rings is 1. The van der Waals surface area contributed by atoms with E-state index >= 15 is 0 Å². The molecule has 0 heterocycles. The van der Waals surface area contributed by atoms with E-state index in [1.807, 2.05) is 0 Å². The first-order valence-corrected chi connectivity index (χ1v) is 8.40. The van der Waals surface area contributed by atoms with Crippen LogP contribution in [0.25, 0.3) is 0 Å². The Labute approximate surface area is 127 Å². The lowest BCUT2D eigenvalue weighted by Crippen LogP contribution is -2.30. The smallest absolute Gasteiger partial charge is 0.0362 e. The molecule has 3 unspecified atom stereocenters. The SMILES string of the molecule is CCNC(c1cc(Br)ccc1Br)C1CCCC1C. The molecule has 18 heavy (non-hydrogen) atoms. The topological polar surface area (TPSA) is 12.0 Å². The van der Waals surface area contributed by atoms with Gasteiger partial charge in [-0.15, -0.1) is 0 Å². The van der Waals surface area contributed by atoms with Gasteiger partial charge < -0.3 is 5.32 Å². The molecule has 1 aromatic rings. The van der Waals surface area contributed by atoms with Crippen LogP contribution in [0.3, 0.4) is 0 Å². The van der Waals surface area contributed by atoms with Gasteiger partial charge in [0.05, 0.1) is 0 Å². The van der Waals surface area contributed by atoms with Gasteiger partial charge in [0.1, 0.15) is 0 Å². The van der Waals surface area contributed by atoms with Gasteiger partial charge in [0, 0.05) is 15.0 Å². The summed E-state index contributed by atoms with van der Waals surface area (Å²) in [7, 11) is 0. The van der Waals surface area contributed by atoms with Crippen LogP contribution in [0.15, 0.2) is 27.1 Å². The van der Waals surface area contributed by atoms with Gasteiger partial charge in [-0.3, -0.25) is 0 Å². The summed E-state index contributed by atoms with van der Waals surface area (Å²) >= 11 is 7.30. The maximum atomic E-state index is 3.71. The van der Waals surface area contributed by atoms with Crippen molar-refractivity contribution >= 4 is 31.9 Å². The van der Waals surface area contributed by atoms with Gasteiger partial charge in [-0.25, -0.2) is 0 Å². The van der Waals surface area contributed by atoms with E-state index in [4.69, 9.17) is 0 Å². The molecule has 0 radical (unpaired) electrons. The van der Waals surface area contributed by atoms with E-state index < -0.39 is 0 Å². The van der Waals surface area contributed by atoms with Crippen molar-refractivity contribution in [3.8, 4) is 0 Å². The zero-order chi connectivity index (χ0) is 13.1. The van der Waals surface area contributed by atoms with E-state index in [0.717, 1.165) is 22.9 Å². The molecule has 1 saturated carbocycles. The molecule has 0 aliphatic heterocycles. The highest BCUT2D eigenvalue weighted by Crippen LogP contribution is 2.42. The van der Waals surface area contributed by atoms with Gasteiger partial charge in [0.2, 0.25) is 0 Å². The minimum absolute atomic E-state index is 0.472. The number of hydrogen-bond donors (Lipinski definition) is 1. The fourth-order valence-electron chi connectivity index (χ4n) is 3.13. The standard InChI is InChI=1S/C15H21Br2N/c1-3-18-15(12-6-4-5-10(12)2)13-9-11(16)7-8-14(13)17/h7-10,12,15,18H,3-6H2,1-2H3. The van der Waals surface area contributed by atoms with Crippen molar-refractivity contribution in [2.24, 2.45) is 11.8 Å². The summed E-state index contributed by atoms with van der Waals surface area (Å²) in [6, 6.07) is 6.96. The molecule has 1 nitrogen and oxygen atoms in total. The summed E-state index contributed by atoms with van der Waals surface area (Å²) in [5.41, 5.74) is 1.39. The van der Waals surface area contributed by atoms with Crippen LogP contribution in [0.1, 0.15) is 44.7 Å². The number of halogens is 2. The number of rotatable bonds is 4. The normalized spacial score (nSPS) is 25.3. The molecule has 0 spiro atoms. The number of nitrogens with one attached hydrogen (secondary N) is 1. The minimum Gasteiger partial charge on any atom is -0.310 e. The van der Waals surface area contributed by atoms with Crippen molar-refractivity contribution in [1.82, 2.24) is 5.32 Å². The van der Waals surface area contributed by atoms with Gasteiger partial charge >= 0.3 is 0 Å². The van der Waals surface area contributed by atoms with Crippen molar-refractivity contribution in [1.29, 1.82) is 0 Å². The molecule has 0 amide bonds.